The summed E-state index contributed by atoms with van der Waals surface area (Å²) in [7, 11) is 1.72. The molecule has 5 heteroatoms. The van der Waals surface area contributed by atoms with Gasteiger partial charge in [-0.1, -0.05) is 6.92 Å². The Morgan fingerprint density at radius 3 is 2.19 bits per heavy atom. The minimum absolute atomic E-state index is 0.396. The van der Waals surface area contributed by atoms with E-state index in [1.165, 1.54) is 5.56 Å². The van der Waals surface area contributed by atoms with E-state index in [2.05, 4.69) is 44.8 Å². The molecule has 1 rings (SSSR count). The lowest BCUT2D eigenvalue weighted by molar-refractivity contribution is 0.199. The molecule has 5 nitrogen and oxygen atoms in total. The van der Waals surface area contributed by atoms with Crippen molar-refractivity contribution in [1.82, 2.24) is 15.3 Å². The molecule has 0 fully saturated rings. The van der Waals surface area contributed by atoms with Crippen molar-refractivity contribution in [2.24, 2.45) is 0 Å². The highest BCUT2D eigenvalue weighted by atomic mass is 16.5. The van der Waals surface area contributed by atoms with E-state index in [1.54, 1.807) is 7.11 Å². The van der Waals surface area contributed by atoms with Crippen LogP contribution in [0.25, 0.3) is 0 Å². The fraction of sp³-hybridized carbons (Fsp3) is 0.750. The average Bonchev–Trinajstić information content (AvgIpc) is 2.44. The summed E-state index contributed by atoms with van der Waals surface area (Å²) in [4.78, 5) is 11.6. The number of rotatable bonds is 9. The van der Waals surface area contributed by atoms with Gasteiger partial charge in [0.25, 0.3) is 0 Å². The third-order valence-electron chi connectivity index (χ3n) is 3.79. The van der Waals surface area contributed by atoms with E-state index >= 15 is 0 Å². The van der Waals surface area contributed by atoms with Crippen molar-refractivity contribution in [2.75, 3.05) is 44.8 Å². The molecule has 0 aromatic carbocycles. The topological polar surface area (TPSA) is 50.3 Å². The van der Waals surface area contributed by atoms with Gasteiger partial charge in [0.2, 0.25) is 5.95 Å². The first-order valence-electron chi connectivity index (χ1n) is 7.84. The quantitative estimate of drug-likeness (QED) is 0.708. The van der Waals surface area contributed by atoms with Crippen molar-refractivity contribution in [2.45, 2.75) is 40.5 Å². The fourth-order valence-electron chi connectivity index (χ4n) is 2.66. The SMILES string of the molecule is CCN(CC)c1nc(C)c(C(C)CNCCOC)c(C)n1. The van der Waals surface area contributed by atoms with Crippen LogP contribution in [0.3, 0.4) is 0 Å². The maximum atomic E-state index is 5.05. The van der Waals surface area contributed by atoms with Crippen LogP contribution in [0.5, 0.6) is 0 Å². The van der Waals surface area contributed by atoms with Crippen LogP contribution in [0.15, 0.2) is 0 Å². The summed E-state index contributed by atoms with van der Waals surface area (Å²) in [5, 5.41) is 3.41. The average molecular weight is 294 g/mol. The molecular formula is C16H30N4O. The van der Waals surface area contributed by atoms with Gasteiger partial charge in [0.1, 0.15) is 0 Å². The largest absolute Gasteiger partial charge is 0.383 e. The molecule has 1 heterocycles. The molecular weight excluding hydrogens is 264 g/mol. The Morgan fingerprint density at radius 2 is 1.71 bits per heavy atom. The number of methoxy groups -OCH3 is 1. The first-order chi connectivity index (χ1) is 10.0. The summed E-state index contributed by atoms with van der Waals surface area (Å²) in [6.45, 7) is 15.0. The van der Waals surface area contributed by atoms with Crippen molar-refractivity contribution in [3.05, 3.63) is 17.0 Å². The molecule has 0 spiro atoms. The van der Waals surface area contributed by atoms with Gasteiger partial charge in [0.15, 0.2) is 0 Å². The van der Waals surface area contributed by atoms with E-state index in [-0.39, 0.29) is 0 Å². The van der Waals surface area contributed by atoms with Crippen molar-refractivity contribution < 1.29 is 4.74 Å². The van der Waals surface area contributed by atoms with E-state index in [0.29, 0.717) is 5.92 Å². The third-order valence-corrected chi connectivity index (χ3v) is 3.79. The molecule has 1 aromatic rings. The number of anilines is 1. The summed E-state index contributed by atoms with van der Waals surface area (Å²) >= 11 is 0. The van der Waals surface area contributed by atoms with Gasteiger partial charge in [-0.3, -0.25) is 0 Å². The first kappa shape index (κ1) is 17.9. The highest BCUT2D eigenvalue weighted by Crippen LogP contribution is 2.23. The Labute approximate surface area is 129 Å². The van der Waals surface area contributed by atoms with Crippen LogP contribution in [-0.4, -0.2) is 49.9 Å². The molecule has 0 bridgehead atoms. The lowest BCUT2D eigenvalue weighted by atomic mass is 9.98. The van der Waals surface area contributed by atoms with Gasteiger partial charge in [-0.05, 0) is 39.2 Å². The van der Waals surface area contributed by atoms with Crippen LogP contribution >= 0.6 is 0 Å². The van der Waals surface area contributed by atoms with Crippen LogP contribution in [0.2, 0.25) is 0 Å². The van der Waals surface area contributed by atoms with Gasteiger partial charge >= 0.3 is 0 Å². The lowest BCUT2D eigenvalue weighted by Gasteiger charge is -2.23. The fourth-order valence-corrected chi connectivity index (χ4v) is 2.66. The first-order valence-corrected chi connectivity index (χ1v) is 7.84. The Kier molecular flexibility index (Phi) is 7.61. The zero-order valence-electron chi connectivity index (χ0n) is 14.4. The molecule has 1 unspecified atom stereocenters. The summed E-state index contributed by atoms with van der Waals surface area (Å²) in [5.41, 5.74) is 3.44. The molecule has 21 heavy (non-hydrogen) atoms. The maximum absolute atomic E-state index is 5.05. The van der Waals surface area contributed by atoms with Crippen LogP contribution < -0.4 is 10.2 Å². The van der Waals surface area contributed by atoms with E-state index in [4.69, 9.17) is 14.7 Å². The van der Waals surface area contributed by atoms with E-state index in [0.717, 1.165) is 50.1 Å². The standard InChI is InChI=1S/C16H30N4O/c1-7-20(8-2)16-18-13(4)15(14(5)19-16)12(3)11-17-9-10-21-6/h12,17H,7-11H2,1-6H3. The van der Waals surface area contributed by atoms with Crippen LogP contribution in [0.4, 0.5) is 5.95 Å². The molecule has 0 radical (unpaired) electrons. The number of aryl methyl sites for hydroxylation is 2. The molecule has 1 aromatic heterocycles. The van der Waals surface area contributed by atoms with Crippen LogP contribution in [-0.2, 0) is 4.74 Å². The number of nitrogens with zero attached hydrogens (tertiary/aromatic N) is 3. The predicted octanol–water partition coefficient (Wildman–Crippen LogP) is 2.28. The zero-order chi connectivity index (χ0) is 15.8. The monoisotopic (exact) mass is 294 g/mol. The zero-order valence-corrected chi connectivity index (χ0v) is 14.4. The molecule has 120 valence electrons. The Balaban J connectivity index is 2.83. The summed E-state index contributed by atoms with van der Waals surface area (Å²) in [6.07, 6.45) is 0. The van der Waals surface area contributed by atoms with Gasteiger partial charge in [-0.2, -0.15) is 0 Å². The summed E-state index contributed by atoms with van der Waals surface area (Å²) in [6, 6.07) is 0. The predicted molar refractivity (Wildman–Crippen MR) is 88.2 cm³/mol. The second-order valence-electron chi connectivity index (χ2n) is 5.38. The summed E-state index contributed by atoms with van der Waals surface area (Å²) < 4.78 is 5.05. The molecule has 0 aliphatic carbocycles. The molecule has 0 aliphatic heterocycles. The van der Waals surface area contributed by atoms with E-state index in [1.807, 2.05) is 0 Å². The normalized spacial score (nSPS) is 12.5. The Morgan fingerprint density at radius 1 is 1.14 bits per heavy atom. The van der Waals surface area contributed by atoms with Gasteiger partial charge in [-0.15, -0.1) is 0 Å². The Bertz CT molecular complexity index is 409. The second kappa shape index (κ2) is 8.95. The van der Waals surface area contributed by atoms with Gasteiger partial charge in [-0.25, -0.2) is 9.97 Å². The molecule has 0 amide bonds. The van der Waals surface area contributed by atoms with Gasteiger partial charge in [0, 0.05) is 44.7 Å². The minimum atomic E-state index is 0.396. The van der Waals surface area contributed by atoms with Crippen molar-refractivity contribution in [3.8, 4) is 0 Å². The lowest BCUT2D eigenvalue weighted by Crippen LogP contribution is -2.27. The maximum Gasteiger partial charge on any atom is 0.225 e. The van der Waals surface area contributed by atoms with Crippen LogP contribution in [0.1, 0.15) is 43.6 Å². The minimum Gasteiger partial charge on any atom is -0.383 e. The number of nitrogens with one attached hydrogen (secondary N) is 1. The molecule has 1 N–H and O–H groups in total. The molecule has 0 saturated carbocycles. The Hall–Kier alpha value is -1.20. The van der Waals surface area contributed by atoms with Crippen molar-refractivity contribution >= 4 is 5.95 Å². The molecule has 0 aliphatic rings. The highest BCUT2D eigenvalue weighted by Gasteiger charge is 2.16. The van der Waals surface area contributed by atoms with Crippen LogP contribution in [0, 0.1) is 13.8 Å². The van der Waals surface area contributed by atoms with Gasteiger partial charge < -0.3 is 15.0 Å². The van der Waals surface area contributed by atoms with Crippen molar-refractivity contribution in [1.29, 1.82) is 0 Å². The van der Waals surface area contributed by atoms with E-state index in [9.17, 15) is 0 Å². The number of ether oxygens (including phenoxy) is 1. The highest BCUT2D eigenvalue weighted by molar-refractivity contribution is 5.38. The number of aromatic nitrogens is 2. The number of hydrogen-bond donors (Lipinski definition) is 1. The third kappa shape index (κ3) is 4.93. The number of hydrogen-bond acceptors (Lipinski definition) is 5. The van der Waals surface area contributed by atoms with Crippen molar-refractivity contribution in [3.63, 3.8) is 0 Å². The van der Waals surface area contributed by atoms with Gasteiger partial charge in [0.05, 0.1) is 6.61 Å². The van der Waals surface area contributed by atoms with E-state index < -0.39 is 0 Å². The second-order valence-corrected chi connectivity index (χ2v) is 5.38. The molecule has 1 atom stereocenters. The molecule has 0 saturated heterocycles. The summed E-state index contributed by atoms with van der Waals surface area (Å²) in [5.74, 6) is 1.24. The smallest absolute Gasteiger partial charge is 0.225 e.